The van der Waals surface area contributed by atoms with Crippen molar-refractivity contribution in [3.8, 4) is 5.75 Å². The van der Waals surface area contributed by atoms with E-state index in [0.29, 0.717) is 5.75 Å². The van der Waals surface area contributed by atoms with E-state index in [-0.39, 0.29) is 19.7 Å². The molecular weight excluding hydrogens is 348 g/mol. The van der Waals surface area contributed by atoms with Crippen LogP contribution in [-0.4, -0.2) is 37.4 Å². The maximum Gasteiger partial charge on any atom is 0.258 e. The number of para-hydroxylation sites is 1. The Morgan fingerprint density at radius 3 is 2.11 bits per heavy atom. The predicted octanol–water partition coefficient (Wildman–Crippen LogP) is 0.750. The Morgan fingerprint density at radius 1 is 0.815 bits per heavy atom. The van der Waals surface area contributed by atoms with Crippen LogP contribution in [0.1, 0.15) is 5.56 Å². The van der Waals surface area contributed by atoms with Gasteiger partial charge < -0.3 is 15.4 Å². The van der Waals surface area contributed by atoms with E-state index in [4.69, 9.17) is 4.74 Å². The number of nitrogens with one attached hydrogen (secondary N) is 4. The first-order chi connectivity index (χ1) is 13.0. The van der Waals surface area contributed by atoms with Gasteiger partial charge in [-0.1, -0.05) is 35.9 Å². The Bertz CT molecular complexity index is 763. The first-order valence-corrected chi connectivity index (χ1v) is 8.35. The Morgan fingerprint density at radius 2 is 1.44 bits per heavy atom. The maximum atomic E-state index is 11.7. The molecule has 0 spiro atoms. The summed E-state index contributed by atoms with van der Waals surface area (Å²) in [5, 5.41) is 5.32. The summed E-state index contributed by atoms with van der Waals surface area (Å²) in [6.07, 6.45) is 0. The standard InChI is InChI=1S/C19H22N4O4/c1-14-7-9-15(10-8-14)20-11-17(24)22-23-18(25)12-21-19(26)13-27-16-5-3-2-4-6-16/h2-10,20H,11-13H2,1H3,(H,21,26)(H,22,24)(H,23,25). The number of hydrogen-bond donors (Lipinski definition) is 4. The molecule has 0 aliphatic carbocycles. The zero-order chi connectivity index (χ0) is 19.5. The van der Waals surface area contributed by atoms with E-state index in [1.165, 1.54) is 0 Å². The molecule has 2 aromatic rings. The molecule has 0 bridgehead atoms. The van der Waals surface area contributed by atoms with Crippen LogP contribution in [0, 0.1) is 6.92 Å². The second-order valence-corrected chi connectivity index (χ2v) is 5.69. The van der Waals surface area contributed by atoms with Gasteiger partial charge in [-0.2, -0.15) is 0 Å². The van der Waals surface area contributed by atoms with Gasteiger partial charge in [0.15, 0.2) is 6.61 Å². The van der Waals surface area contributed by atoms with Gasteiger partial charge in [0.2, 0.25) is 0 Å². The van der Waals surface area contributed by atoms with Gasteiger partial charge in [0, 0.05) is 5.69 Å². The van der Waals surface area contributed by atoms with E-state index < -0.39 is 17.7 Å². The van der Waals surface area contributed by atoms with Crippen molar-refractivity contribution in [2.24, 2.45) is 0 Å². The summed E-state index contributed by atoms with van der Waals surface area (Å²) in [6.45, 7) is 1.49. The Labute approximate surface area is 157 Å². The average Bonchev–Trinajstić information content (AvgIpc) is 2.69. The molecule has 0 heterocycles. The molecule has 0 saturated heterocycles. The molecule has 0 atom stereocenters. The molecular formula is C19H22N4O4. The third-order valence-corrected chi connectivity index (χ3v) is 3.41. The van der Waals surface area contributed by atoms with Gasteiger partial charge in [0.05, 0.1) is 13.1 Å². The summed E-state index contributed by atoms with van der Waals surface area (Å²) < 4.78 is 5.26. The van der Waals surface area contributed by atoms with Crippen molar-refractivity contribution in [1.29, 1.82) is 0 Å². The van der Waals surface area contributed by atoms with E-state index in [1.807, 2.05) is 37.3 Å². The third-order valence-electron chi connectivity index (χ3n) is 3.41. The van der Waals surface area contributed by atoms with Gasteiger partial charge in [0.1, 0.15) is 5.75 Å². The molecule has 27 heavy (non-hydrogen) atoms. The fourth-order valence-corrected chi connectivity index (χ4v) is 1.98. The minimum atomic E-state index is -0.549. The zero-order valence-electron chi connectivity index (χ0n) is 15.0. The Kier molecular flexibility index (Phi) is 7.65. The fraction of sp³-hybridized carbons (Fsp3) is 0.211. The first-order valence-electron chi connectivity index (χ1n) is 8.35. The minimum Gasteiger partial charge on any atom is -0.484 e. The summed E-state index contributed by atoms with van der Waals surface area (Å²) in [7, 11) is 0. The summed E-state index contributed by atoms with van der Waals surface area (Å²) in [5.74, 6) is -0.846. The molecule has 0 radical (unpaired) electrons. The lowest BCUT2D eigenvalue weighted by Gasteiger charge is -2.10. The SMILES string of the molecule is Cc1ccc(NCC(=O)NNC(=O)CNC(=O)COc2ccccc2)cc1. The van der Waals surface area contributed by atoms with Crippen molar-refractivity contribution in [3.63, 3.8) is 0 Å². The van der Waals surface area contributed by atoms with E-state index in [9.17, 15) is 14.4 Å². The Balaban J connectivity index is 1.57. The van der Waals surface area contributed by atoms with E-state index >= 15 is 0 Å². The number of anilines is 1. The molecule has 8 nitrogen and oxygen atoms in total. The number of ether oxygens (including phenoxy) is 1. The smallest absolute Gasteiger partial charge is 0.258 e. The van der Waals surface area contributed by atoms with Crippen molar-refractivity contribution in [2.75, 3.05) is 25.0 Å². The van der Waals surface area contributed by atoms with Gasteiger partial charge in [-0.05, 0) is 31.2 Å². The molecule has 8 heteroatoms. The summed E-state index contributed by atoms with van der Waals surface area (Å²) in [5.41, 5.74) is 6.40. The molecule has 0 saturated carbocycles. The number of amides is 3. The van der Waals surface area contributed by atoms with Crippen molar-refractivity contribution in [3.05, 3.63) is 60.2 Å². The van der Waals surface area contributed by atoms with Gasteiger partial charge >= 0.3 is 0 Å². The molecule has 0 fully saturated rings. The number of hydrazine groups is 1. The highest BCUT2D eigenvalue weighted by Gasteiger charge is 2.08. The van der Waals surface area contributed by atoms with Crippen LogP contribution in [0.4, 0.5) is 5.69 Å². The number of hydrogen-bond acceptors (Lipinski definition) is 5. The van der Waals surface area contributed by atoms with E-state index in [0.717, 1.165) is 11.3 Å². The number of benzene rings is 2. The quantitative estimate of drug-likeness (QED) is 0.513. The lowest BCUT2D eigenvalue weighted by atomic mass is 10.2. The molecule has 4 N–H and O–H groups in total. The number of rotatable bonds is 8. The average molecular weight is 370 g/mol. The highest BCUT2D eigenvalue weighted by molar-refractivity contribution is 5.88. The summed E-state index contributed by atoms with van der Waals surface area (Å²) in [6, 6.07) is 16.4. The van der Waals surface area contributed by atoms with Crippen LogP contribution < -0.4 is 26.2 Å². The van der Waals surface area contributed by atoms with Crippen LogP contribution in [0.15, 0.2) is 54.6 Å². The van der Waals surface area contributed by atoms with Crippen LogP contribution in [0.5, 0.6) is 5.75 Å². The molecule has 3 amide bonds. The molecule has 2 rings (SSSR count). The molecule has 0 aromatic heterocycles. The van der Waals surface area contributed by atoms with Crippen LogP contribution >= 0.6 is 0 Å². The molecule has 0 aliphatic heterocycles. The first kappa shape index (κ1) is 19.8. The van der Waals surface area contributed by atoms with Gasteiger partial charge in [-0.3, -0.25) is 25.2 Å². The highest BCUT2D eigenvalue weighted by Crippen LogP contribution is 2.08. The normalized spacial score (nSPS) is 9.81. The Hall–Kier alpha value is -3.55. The van der Waals surface area contributed by atoms with Gasteiger partial charge in [-0.15, -0.1) is 0 Å². The third kappa shape index (κ3) is 7.91. The fourth-order valence-electron chi connectivity index (χ4n) is 1.98. The summed E-state index contributed by atoms with van der Waals surface area (Å²) in [4.78, 5) is 35.0. The largest absolute Gasteiger partial charge is 0.484 e. The molecule has 142 valence electrons. The summed E-state index contributed by atoms with van der Waals surface area (Å²) >= 11 is 0. The van der Waals surface area contributed by atoms with Crippen molar-refractivity contribution < 1.29 is 19.1 Å². The molecule has 0 aliphatic rings. The van der Waals surface area contributed by atoms with Crippen LogP contribution in [0.2, 0.25) is 0 Å². The van der Waals surface area contributed by atoms with Crippen LogP contribution in [-0.2, 0) is 14.4 Å². The number of carbonyl (C=O) groups is 3. The lowest BCUT2D eigenvalue weighted by Crippen LogP contribution is -2.48. The zero-order valence-corrected chi connectivity index (χ0v) is 15.0. The van der Waals surface area contributed by atoms with E-state index in [1.54, 1.807) is 24.3 Å². The highest BCUT2D eigenvalue weighted by atomic mass is 16.5. The predicted molar refractivity (Wildman–Crippen MR) is 101 cm³/mol. The maximum absolute atomic E-state index is 11.7. The van der Waals surface area contributed by atoms with Gasteiger partial charge in [0.25, 0.3) is 17.7 Å². The van der Waals surface area contributed by atoms with Gasteiger partial charge in [-0.25, -0.2) is 0 Å². The van der Waals surface area contributed by atoms with Crippen LogP contribution in [0.3, 0.4) is 0 Å². The van der Waals surface area contributed by atoms with Crippen molar-refractivity contribution in [1.82, 2.24) is 16.2 Å². The second kappa shape index (κ2) is 10.4. The lowest BCUT2D eigenvalue weighted by molar-refractivity contribution is -0.129. The monoisotopic (exact) mass is 370 g/mol. The second-order valence-electron chi connectivity index (χ2n) is 5.69. The number of carbonyl (C=O) groups excluding carboxylic acids is 3. The van der Waals surface area contributed by atoms with E-state index in [2.05, 4.69) is 21.5 Å². The van der Waals surface area contributed by atoms with Crippen molar-refractivity contribution >= 4 is 23.4 Å². The van der Waals surface area contributed by atoms with Crippen molar-refractivity contribution in [2.45, 2.75) is 6.92 Å². The molecule has 2 aromatic carbocycles. The molecule has 0 unspecified atom stereocenters. The minimum absolute atomic E-state index is 0.000611. The number of aryl methyl sites for hydroxylation is 1. The topological polar surface area (TPSA) is 109 Å². The van der Waals surface area contributed by atoms with Crippen LogP contribution in [0.25, 0.3) is 0 Å².